The predicted molar refractivity (Wildman–Crippen MR) is 61.4 cm³/mol. The largest absolute Gasteiger partial charge is 0.461 e. The molecule has 0 aromatic carbocycles. The summed E-state index contributed by atoms with van der Waals surface area (Å²) >= 11 is 0. The highest BCUT2D eigenvalue weighted by Crippen LogP contribution is 2.12. The predicted octanol–water partition coefficient (Wildman–Crippen LogP) is 1.74. The fourth-order valence-corrected chi connectivity index (χ4v) is 1.57. The van der Waals surface area contributed by atoms with Gasteiger partial charge in [0.15, 0.2) is 0 Å². The summed E-state index contributed by atoms with van der Waals surface area (Å²) in [6.07, 6.45) is 2.11. The van der Waals surface area contributed by atoms with Crippen molar-refractivity contribution in [2.24, 2.45) is 0 Å². The average molecular weight is 225 g/mol. The van der Waals surface area contributed by atoms with Gasteiger partial charge in [0, 0.05) is 12.7 Å². The van der Waals surface area contributed by atoms with Gasteiger partial charge >= 0.3 is 5.97 Å². The summed E-state index contributed by atoms with van der Waals surface area (Å²) in [5.41, 5.74) is 1.49. The van der Waals surface area contributed by atoms with Gasteiger partial charge in [-0.3, -0.25) is 0 Å². The molecule has 1 N–H and O–H groups in total. The molecule has 0 aliphatic rings. The third-order valence-corrected chi connectivity index (χ3v) is 2.42. The molecule has 1 unspecified atom stereocenters. The van der Waals surface area contributed by atoms with Gasteiger partial charge < -0.3 is 14.4 Å². The van der Waals surface area contributed by atoms with Crippen molar-refractivity contribution in [3.05, 3.63) is 23.5 Å². The highest BCUT2D eigenvalue weighted by atomic mass is 16.5. The first-order chi connectivity index (χ1) is 7.56. The van der Waals surface area contributed by atoms with Gasteiger partial charge in [-0.25, -0.2) is 4.79 Å². The van der Waals surface area contributed by atoms with E-state index in [9.17, 15) is 9.90 Å². The number of hydrogen-bond acceptors (Lipinski definition) is 3. The van der Waals surface area contributed by atoms with Crippen LogP contribution in [0.1, 0.15) is 36.3 Å². The van der Waals surface area contributed by atoms with E-state index in [1.54, 1.807) is 13.8 Å². The number of nitrogens with zero attached hydrogens (tertiary/aromatic N) is 1. The molecule has 1 heterocycles. The van der Waals surface area contributed by atoms with Crippen LogP contribution in [0.5, 0.6) is 0 Å². The normalized spacial score (nSPS) is 12.5. The average Bonchev–Trinajstić information content (AvgIpc) is 2.57. The Morgan fingerprint density at radius 3 is 2.88 bits per heavy atom. The Hall–Kier alpha value is -1.29. The third kappa shape index (κ3) is 3.10. The number of carbonyl (C=O) groups excluding carboxylic acids is 1. The molecule has 0 amide bonds. The number of rotatable bonds is 5. The molecular weight excluding hydrogens is 206 g/mol. The number of ether oxygens (including phenoxy) is 1. The minimum absolute atomic E-state index is 0.296. The molecule has 0 saturated heterocycles. The minimum atomic E-state index is -0.363. The van der Waals surface area contributed by atoms with Crippen LogP contribution in [-0.2, 0) is 11.3 Å². The van der Waals surface area contributed by atoms with Crippen LogP contribution in [0.4, 0.5) is 0 Å². The number of aryl methyl sites for hydroxylation is 2. The summed E-state index contributed by atoms with van der Waals surface area (Å²) in [5.74, 6) is -0.296. The van der Waals surface area contributed by atoms with E-state index < -0.39 is 0 Å². The molecule has 0 aliphatic heterocycles. The second kappa shape index (κ2) is 5.70. The maximum absolute atomic E-state index is 11.7. The number of aliphatic hydroxyl groups is 1. The first-order valence-corrected chi connectivity index (χ1v) is 5.57. The topological polar surface area (TPSA) is 51.5 Å². The van der Waals surface area contributed by atoms with Crippen LogP contribution in [0.25, 0.3) is 0 Å². The van der Waals surface area contributed by atoms with E-state index in [0.29, 0.717) is 25.3 Å². The monoisotopic (exact) mass is 225 g/mol. The zero-order chi connectivity index (χ0) is 12.1. The summed E-state index contributed by atoms with van der Waals surface area (Å²) in [5, 5.41) is 9.22. The van der Waals surface area contributed by atoms with E-state index in [1.807, 2.05) is 23.8 Å². The van der Waals surface area contributed by atoms with E-state index in [-0.39, 0.29) is 12.1 Å². The molecule has 1 rings (SSSR count). The van der Waals surface area contributed by atoms with E-state index in [1.165, 1.54) is 0 Å². The van der Waals surface area contributed by atoms with Gasteiger partial charge in [-0.2, -0.15) is 0 Å². The van der Waals surface area contributed by atoms with E-state index in [4.69, 9.17) is 4.74 Å². The van der Waals surface area contributed by atoms with Crippen LogP contribution in [0.15, 0.2) is 12.3 Å². The van der Waals surface area contributed by atoms with E-state index in [2.05, 4.69) is 0 Å². The van der Waals surface area contributed by atoms with Crippen molar-refractivity contribution in [2.45, 2.75) is 39.8 Å². The van der Waals surface area contributed by atoms with Crippen molar-refractivity contribution in [3.8, 4) is 0 Å². The Kier molecular flexibility index (Phi) is 4.55. The van der Waals surface area contributed by atoms with Crippen LogP contribution in [0, 0.1) is 6.92 Å². The lowest BCUT2D eigenvalue weighted by molar-refractivity contribution is 0.0511. The number of esters is 1. The zero-order valence-corrected chi connectivity index (χ0v) is 10.1. The first kappa shape index (κ1) is 12.8. The lowest BCUT2D eigenvalue weighted by Crippen LogP contribution is -2.15. The van der Waals surface area contributed by atoms with Crippen molar-refractivity contribution in [1.29, 1.82) is 0 Å². The molecule has 0 aliphatic carbocycles. The molecule has 4 heteroatoms. The van der Waals surface area contributed by atoms with Crippen molar-refractivity contribution >= 4 is 5.97 Å². The van der Waals surface area contributed by atoms with Crippen LogP contribution < -0.4 is 0 Å². The standard InChI is InChI=1S/C12H19NO3/c1-4-16-12(15)11-9(2)5-7-13(11)8-6-10(3)14/h5,7,10,14H,4,6,8H2,1-3H3. The lowest BCUT2D eigenvalue weighted by atomic mass is 10.2. The maximum atomic E-state index is 11.7. The fourth-order valence-electron chi connectivity index (χ4n) is 1.57. The Balaban J connectivity index is 2.81. The van der Waals surface area contributed by atoms with Gasteiger partial charge in [0.2, 0.25) is 0 Å². The van der Waals surface area contributed by atoms with Crippen molar-refractivity contribution in [3.63, 3.8) is 0 Å². The minimum Gasteiger partial charge on any atom is -0.461 e. The second-order valence-electron chi connectivity index (χ2n) is 3.90. The molecule has 0 spiro atoms. The summed E-state index contributed by atoms with van der Waals surface area (Å²) < 4.78 is 6.83. The van der Waals surface area contributed by atoms with Crippen LogP contribution in [0.2, 0.25) is 0 Å². The lowest BCUT2D eigenvalue weighted by Gasteiger charge is -2.10. The van der Waals surface area contributed by atoms with Gasteiger partial charge in [-0.05, 0) is 38.8 Å². The summed E-state index contributed by atoms with van der Waals surface area (Å²) in [4.78, 5) is 11.7. The molecule has 0 radical (unpaired) electrons. The molecule has 90 valence electrons. The number of hydrogen-bond donors (Lipinski definition) is 1. The Morgan fingerprint density at radius 2 is 2.31 bits per heavy atom. The maximum Gasteiger partial charge on any atom is 0.355 e. The van der Waals surface area contributed by atoms with E-state index >= 15 is 0 Å². The second-order valence-corrected chi connectivity index (χ2v) is 3.90. The van der Waals surface area contributed by atoms with Crippen molar-refractivity contribution in [2.75, 3.05) is 6.61 Å². The molecule has 16 heavy (non-hydrogen) atoms. The summed E-state index contributed by atoms with van der Waals surface area (Å²) in [6.45, 7) is 6.40. The molecule has 4 nitrogen and oxygen atoms in total. The molecule has 1 aromatic heterocycles. The van der Waals surface area contributed by atoms with Crippen LogP contribution in [-0.4, -0.2) is 28.4 Å². The first-order valence-electron chi connectivity index (χ1n) is 5.57. The van der Waals surface area contributed by atoms with E-state index in [0.717, 1.165) is 5.56 Å². The Morgan fingerprint density at radius 1 is 1.62 bits per heavy atom. The number of aliphatic hydroxyl groups excluding tert-OH is 1. The summed E-state index contributed by atoms with van der Waals surface area (Å²) in [7, 11) is 0. The SMILES string of the molecule is CCOC(=O)c1c(C)ccn1CCC(C)O. The molecule has 1 aromatic rings. The van der Waals surface area contributed by atoms with Crippen molar-refractivity contribution < 1.29 is 14.6 Å². The van der Waals surface area contributed by atoms with Gasteiger partial charge in [-0.1, -0.05) is 0 Å². The van der Waals surface area contributed by atoms with Gasteiger partial charge in [0.25, 0.3) is 0 Å². The fraction of sp³-hybridized carbons (Fsp3) is 0.583. The molecule has 0 fully saturated rings. The number of carbonyl (C=O) groups is 1. The Bertz CT molecular complexity index is 355. The quantitative estimate of drug-likeness (QED) is 0.777. The Labute approximate surface area is 95.8 Å². The molecular formula is C12H19NO3. The number of aromatic nitrogens is 1. The van der Waals surface area contributed by atoms with Crippen LogP contribution in [0.3, 0.4) is 0 Å². The highest BCUT2D eigenvalue weighted by molar-refractivity contribution is 5.89. The van der Waals surface area contributed by atoms with Gasteiger partial charge in [-0.15, -0.1) is 0 Å². The third-order valence-electron chi connectivity index (χ3n) is 2.42. The summed E-state index contributed by atoms with van der Waals surface area (Å²) in [6, 6.07) is 1.88. The van der Waals surface area contributed by atoms with Crippen molar-refractivity contribution in [1.82, 2.24) is 4.57 Å². The van der Waals surface area contributed by atoms with Crippen LogP contribution >= 0.6 is 0 Å². The molecule has 0 saturated carbocycles. The molecule has 1 atom stereocenters. The highest BCUT2D eigenvalue weighted by Gasteiger charge is 2.15. The molecule has 0 bridgehead atoms. The zero-order valence-electron chi connectivity index (χ0n) is 10.1. The van der Waals surface area contributed by atoms with Gasteiger partial charge in [0.05, 0.1) is 12.7 Å². The smallest absolute Gasteiger partial charge is 0.355 e. The van der Waals surface area contributed by atoms with Gasteiger partial charge in [0.1, 0.15) is 5.69 Å².